The van der Waals surface area contributed by atoms with Crippen molar-refractivity contribution in [2.45, 2.75) is 6.54 Å². The van der Waals surface area contributed by atoms with E-state index >= 15 is 0 Å². The van der Waals surface area contributed by atoms with E-state index in [4.69, 9.17) is 0 Å². The number of aromatic nitrogens is 3. The van der Waals surface area contributed by atoms with Crippen LogP contribution in [0.5, 0.6) is 0 Å². The molecule has 94 valence electrons. The molecule has 0 aliphatic heterocycles. The molecule has 5 nitrogen and oxygen atoms in total. The van der Waals surface area contributed by atoms with Crippen molar-refractivity contribution in [1.82, 2.24) is 20.5 Å². The van der Waals surface area contributed by atoms with Crippen molar-refractivity contribution in [3.63, 3.8) is 0 Å². The summed E-state index contributed by atoms with van der Waals surface area (Å²) in [6.45, 7) is 0.407. The van der Waals surface area contributed by atoms with Gasteiger partial charge in [0.25, 0.3) is 5.91 Å². The summed E-state index contributed by atoms with van der Waals surface area (Å²) in [5, 5.41) is 10.6. The molecule has 5 heteroatoms. The zero-order chi connectivity index (χ0) is 13.1. The van der Waals surface area contributed by atoms with Crippen LogP contribution >= 0.6 is 0 Å². The molecule has 1 amide bonds. The second-order valence-corrected chi connectivity index (χ2v) is 4.14. The van der Waals surface area contributed by atoms with Crippen LogP contribution in [0.1, 0.15) is 16.1 Å². The van der Waals surface area contributed by atoms with Crippen molar-refractivity contribution in [2.24, 2.45) is 0 Å². The Balaban J connectivity index is 1.79. The standard InChI is InChI=1S/C14H12N4O/c19-14(16-9-11-5-1-2-7-15-11)12-6-3-4-10-8-17-18-13(10)12/h1-8H,9H2,(H,16,19)(H,17,18). The van der Waals surface area contributed by atoms with Crippen LogP contribution in [0.25, 0.3) is 10.9 Å². The van der Waals surface area contributed by atoms with Gasteiger partial charge in [-0.25, -0.2) is 0 Å². The van der Waals surface area contributed by atoms with Crippen LogP contribution in [0.4, 0.5) is 0 Å². The maximum absolute atomic E-state index is 12.1. The van der Waals surface area contributed by atoms with Crippen molar-refractivity contribution in [3.05, 3.63) is 60.0 Å². The van der Waals surface area contributed by atoms with Crippen molar-refractivity contribution >= 4 is 16.8 Å². The van der Waals surface area contributed by atoms with Gasteiger partial charge >= 0.3 is 0 Å². The van der Waals surface area contributed by atoms with E-state index in [1.165, 1.54) is 0 Å². The van der Waals surface area contributed by atoms with Crippen LogP contribution in [0, 0.1) is 0 Å². The Morgan fingerprint density at radius 2 is 2.16 bits per heavy atom. The third-order valence-corrected chi connectivity index (χ3v) is 2.88. The van der Waals surface area contributed by atoms with Gasteiger partial charge in [0, 0.05) is 11.6 Å². The monoisotopic (exact) mass is 252 g/mol. The van der Waals surface area contributed by atoms with Gasteiger partial charge in [0.15, 0.2) is 0 Å². The Kier molecular flexibility index (Phi) is 2.94. The summed E-state index contributed by atoms with van der Waals surface area (Å²) in [6, 6.07) is 11.1. The molecule has 19 heavy (non-hydrogen) atoms. The number of amides is 1. The van der Waals surface area contributed by atoms with Gasteiger partial charge in [-0.05, 0) is 18.2 Å². The molecule has 0 saturated heterocycles. The first-order valence-corrected chi connectivity index (χ1v) is 5.95. The number of para-hydroxylation sites is 1. The summed E-state index contributed by atoms with van der Waals surface area (Å²) in [5.41, 5.74) is 2.17. The maximum Gasteiger partial charge on any atom is 0.253 e. The van der Waals surface area contributed by atoms with Gasteiger partial charge < -0.3 is 5.32 Å². The molecule has 0 atom stereocenters. The lowest BCUT2D eigenvalue weighted by Crippen LogP contribution is -2.23. The molecule has 0 aliphatic rings. The number of nitrogens with zero attached hydrogens (tertiary/aromatic N) is 2. The minimum absolute atomic E-state index is 0.138. The number of rotatable bonds is 3. The number of pyridine rings is 1. The molecule has 0 fully saturated rings. The Morgan fingerprint density at radius 3 is 3.00 bits per heavy atom. The fourth-order valence-corrected chi connectivity index (χ4v) is 1.93. The second-order valence-electron chi connectivity index (χ2n) is 4.14. The molecule has 0 unspecified atom stereocenters. The average Bonchev–Trinajstić information content (AvgIpc) is 2.94. The molecule has 2 aromatic heterocycles. The first-order chi connectivity index (χ1) is 9.34. The number of carbonyl (C=O) groups is 1. The second kappa shape index (κ2) is 4.89. The highest BCUT2D eigenvalue weighted by Crippen LogP contribution is 2.15. The highest BCUT2D eigenvalue weighted by atomic mass is 16.1. The fraction of sp³-hybridized carbons (Fsp3) is 0.0714. The SMILES string of the molecule is O=C(NCc1ccccn1)c1cccc2cn[nH]c12. The van der Waals surface area contributed by atoms with Crippen LogP contribution < -0.4 is 5.32 Å². The summed E-state index contributed by atoms with van der Waals surface area (Å²) in [5.74, 6) is -0.138. The average molecular weight is 252 g/mol. The summed E-state index contributed by atoms with van der Waals surface area (Å²) in [6.07, 6.45) is 3.40. The highest BCUT2D eigenvalue weighted by molar-refractivity contribution is 6.05. The van der Waals surface area contributed by atoms with Crippen LogP contribution in [0.3, 0.4) is 0 Å². The lowest BCUT2D eigenvalue weighted by atomic mass is 10.1. The van der Waals surface area contributed by atoms with Crippen molar-refractivity contribution < 1.29 is 4.79 Å². The minimum atomic E-state index is -0.138. The van der Waals surface area contributed by atoms with Gasteiger partial charge in [0.05, 0.1) is 29.5 Å². The van der Waals surface area contributed by atoms with Gasteiger partial charge in [-0.15, -0.1) is 0 Å². The number of hydrogen-bond donors (Lipinski definition) is 2. The Morgan fingerprint density at radius 1 is 1.21 bits per heavy atom. The third-order valence-electron chi connectivity index (χ3n) is 2.88. The smallest absolute Gasteiger partial charge is 0.253 e. The van der Waals surface area contributed by atoms with E-state index in [9.17, 15) is 4.79 Å². The predicted molar refractivity (Wildman–Crippen MR) is 71.5 cm³/mol. The Hall–Kier alpha value is -2.69. The lowest BCUT2D eigenvalue weighted by molar-refractivity contribution is 0.0952. The number of hydrogen-bond acceptors (Lipinski definition) is 3. The zero-order valence-electron chi connectivity index (χ0n) is 10.1. The van der Waals surface area contributed by atoms with Gasteiger partial charge in [0.1, 0.15) is 0 Å². The van der Waals surface area contributed by atoms with Gasteiger partial charge in [-0.1, -0.05) is 18.2 Å². The summed E-state index contributed by atoms with van der Waals surface area (Å²) < 4.78 is 0. The van der Waals surface area contributed by atoms with Gasteiger partial charge in [-0.3, -0.25) is 14.9 Å². The van der Waals surface area contributed by atoms with Crippen LogP contribution in [-0.2, 0) is 6.54 Å². The highest BCUT2D eigenvalue weighted by Gasteiger charge is 2.10. The quantitative estimate of drug-likeness (QED) is 0.747. The molecule has 0 aliphatic carbocycles. The summed E-state index contributed by atoms with van der Waals surface area (Å²) in [4.78, 5) is 16.3. The number of carbonyl (C=O) groups excluding carboxylic acids is 1. The number of aromatic amines is 1. The number of nitrogens with one attached hydrogen (secondary N) is 2. The lowest BCUT2D eigenvalue weighted by Gasteiger charge is -2.05. The van der Waals surface area contributed by atoms with E-state index in [1.54, 1.807) is 18.5 Å². The summed E-state index contributed by atoms with van der Waals surface area (Å²) in [7, 11) is 0. The van der Waals surface area contributed by atoms with E-state index in [-0.39, 0.29) is 5.91 Å². The first-order valence-electron chi connectivity index (χ1n) is 5.95. The Bertz CT molecular complexity index is 706. The molecule has 0 bridgehead atoms. The van der Waals surface area contributed by atoms with Crippen molar-refractivity contribution in [3.8, 4) is 0 Å². The van der Waals surface area contributed by atoms with Gasteiger partial charge in [0.2, 0.25) is 0 Å². The molecule has 3 rings (SSSR count). The zero-order valence-corrected chi connectivity index (χ0v) is 10.1. The number of benzene rings is 1. The predicted octanol–water partition coefficient (Wildman–Crippen LogP) is 1.89. The van der Waals surface area contributed by atoms with E-state index < -0.39 is 0 Å². The first kappa shape index (κ1) is 11.4. The third kappa shape index (κ3) is 2.30. The number of H-pyrrole nitrogens is 1. The van der Waals surface area contributed by atoms with Crippen molar-refractivity contribution in [1.29, 1.82) is 0 Å². The molecule has 2 heterocycles. The summed E-state index contributed by atoms with van der Waals surface area (Å²) >= 11 is 0. The van der Waals surface area contributed by atoms with Crippen LogP contribution in [0.2, 0.25) is 0 Å². The number of fused-ring (bicyclic) bond motifs is 1. The van der Waals surface area contributed by atoms with Crippen LogP contribution in [-0.4, -0.2) is 21.1 Å². The minimum Gasteiger partial charge on any atom is -0.346 e. The molecule has 0 saturated carbocycles. The van der Waals surface area contributed by atoms with Crippen LogP contribution in [0.15, 0.2) is 48.8 Å². The molecular formula is C14H12N4O. The molecule has 0 spiro atoms. The molecule has 0 radical (unpaired) electrons. The Labute approximate surface area is 109 Å². The molecule has 1 aromatic carbocycles. The maximum atomic E-state index is 12.1. The van der Waals surface area contributed by atoms with Gasteiger partial charge in [-0.2, -0.15) is 5.10 Å². The van der Waals surface area contributed by atoms with E-state index in [2.05, 4.69) is 20.5 Å². The van der Waals surface area contributed by atoms with Crippen molar-refractivity contribution in [2.75, 3.05) is 0 Å². The van der Waals surface area contributed by atoms with E-state index in [0.717, 1.165) is 16.6 Å². The topological polar surface area (TPSA) is 70.7 Å². The molecule has 3 aromatic rings. The van der Waals surface area contributed by atoms with E-state index in [0.29, 0.717) is 12.1 Å². The fourth-order valence-electron chi connectivity index (χ4n) is 1.93. The molecular weight excluding hydrogens is 240 g/mol. The largest absolute Gasteiger partial charge is 0.346 e. The molecule has 2 N–H and O–H groups in total. The normalized spacial score (nSPS) is 10.5. The van der Waals surface area contributed by atoms with E-state index in [1.807, 2.05) is 30.3 Å².